The van der Waals surface area contributed by atoms with Crippen molar-refractivity contribution in [3.63, 3.8) is 0 Å². The van der Waals surface area contributed by atoms with Crippen molar-refractivity contribution in [3.05, 3.63) is 102 Å². The van der Waals surface area contributed by atoms with Gasteiger partial charge in [-0.05, 0) is 79.8 Å². The maximum Gasteiger partial charge on any atom is 0.310 e. The van der Waals surface area contributed by atoms with Gasteiger partial charge in [0.05, 0.1) is 5.52 Å². The number of carbonyl (C=O) groups excluding carboxylic acids is 1. The number of halogens is 5. The van der Waals surface area contributed by atoms with Gasteiger partial charge in [-0.15, -0.1) is 0 Å². The van der Waals surface area contributed by atoms with E-state index in [0.29, 0.717) is 17.3 Å². The molecule has 0 saturated heterocycles. The van der Waals surface area contributed by atoms with Crippen molar-refractivity contribution in [3.8, 4) is 0 Å². The second-order valence-corrected chi connectivity index (χ2v) is 13.1. The molecule has 6 rings (SSSR count). The minimum atomic E-state index is -9.77. The van der Waals surface area contributed by atoms with Gasteiger partial charge in [0, 0.05) is 28.8 Å². The standard InChI is InChI=1S/C32H28F5N5OS/c33-44(34,35,36,37)25-18-16-23(17-19-25)38-28(43)20-13-21-11-14-24(15-12-21)39-32-30-29(26-9-5-6-10-27(26)40-32)41-31(42-30)22-7-3-1-2-4-8-22/h1-2,5-6,9-20,22H,3-4,7-8H2,(H,38,43)(H,39,40)(H,41,42)/b20-13+. The van der Waals surface area contributed by atoms with Crippen LogP contribution in [0.3, 0.4) is 0 Å². The number of aromatic nitrogens is 3. The number of benzene rings is 3. The van der Waals surface area contributed by atoms with E-state index in [-0.39, 0.29) is 17.8 Å². The number of H-pyrrole nitrogens is 1. The Labute approximate surface area is 249 Å². The highest BCUT2D eigenvalue weighted by atomic mass is 32.5. The third kappa shape index (κ3) is 6.60. The van der Waals surface area contributed by atoms with Gasteiger partial charge in [-0.1, -0.05) is 61.9 Å². The monoisotopic (exact) mass is 625 g/mol. The molecule has 0 bridgehead atoms. The lowest BCUT2D eigenvalue weighted by molar-refractivity contribution is -0.111. The van der Waals surface area contributed by atoms with Gasteiger partial charge in [0.15, 0.2) is 5.82 Å². The molecule has 1 aliphatic carbocycles. The van der Waals surface area contributed by atoms with Crippen LogP contribution < -0.4 is 10.6 Å². The fraction of sp³-hybridized carbons (Fsp3) is 0.156. The molecule has 12 heteroatoms. The van der Waals surface area contributed by atoms with Crippen molar-refractivity contribution in [1.29, 1.82) is 0 Å². The lowest BCUT2D eigenvalue weighted by Gasteiger charge is -2.40. The Kier molecular flexibility index (Phi) is 6.99. The lowest BCUT2D eigenvalue weighted by Crippen LogP contribution is -2.09. The van der Waals surface area contributed by atoms with E-state index in [2.05, 4.69) is 27.8 Å². The Morgan fingerprint density at radius 1 is 0.841 bits per heavy atom. The number of amides is 1. The third-order valence-electron chi connectivity index (χ3n) is 7.44. The molecule has 2 heterocycles. The minimum absolute atomic E-state index is 0.0447. The van der Waals surface area contributed by atoms with Crippen molar-refractivity contribution in [2.45, 2.75) is 36.5 Å². The molecule has 5 aromatic rings. The number of rotatable bonds is 7. The van der Waals surface area contributed by atoms with Crippen LogP contribution in [0.5, 0.6) is 0 Å². The number of hydrogen-bond acceptors (Lipinski definition) is 4. The van der Waals surface area contributed by atoms with Crippen LogP contribution in [-0.2, 0) is 4.79 Å². The van der Waals surface area contributed by atoms with Gasteiger partial charge in [0.25, 0.3) is 0 Å². The fourth-order valence-electron chi connectivity index (χ4n) is 5.20. The molecule has 1 amide bonds. The molecule has 3 N–H and O–H groups in total. The molecule has 44 heavy (non-hydrogen) atoms. The summed E-state index contributed by atoms with van der Waals surface area (Å²) >= 11 is 0. The summed E-state index contributed by atoms with van der Waals surface area (Å²) in [6.07, 6.45) is 11.3. The van der Waals surface area contributed by atoms with Gasteiger partial charge in [-0.25, -0.2) is 9.97 Å². The molecule has 0 spiro atoms. The molecule has 2 aromatic heterocycles. The van der Waals surface area contributed by atoms with Gasteiger partial charge in [-0.2, -0.15) is 0 Å². The Morgan fingerprint density at radius 2 is 1.50 bits per heavy atom. The van der Waals surface area contributed by atoms with E-state index in [1.165, 1.54) is 12.2 Å². The number of fused-ring (bicyclic) bond motifs is 3. The minimum Gasteiger partial charge on any atom is -0.339 e. The van der Waals surface area contributed by atoms with Crippen LogP contribution >= 0.6 is 10.2 Å². The van der Waals surface area contributed by atoms with Gasteiger partial charge < -0.3 is 15.6 Å². The van der Waals surface area contributed by atoms with Gasteiger partial charge >= 0.3 is 10.2 Å². The lowest BCUT2D eigenvalue weighted by atomic mass is 9.99. The summed E-state index contributed by atoms with van der Waals surface area (Å²) in [4.78, 5) is 23.7. The summed E-state index contributed by atoms with van der Waals surface area (Å²) in [5, 5.41) is 6.71. The first-order chi connectivity index (χ1) is 20.8. The highest BCUT2D eigenvalue weighted by Gasteiger charge is 2.65. The predicted molar refractivity (Wildman–Crippen MR) is 167 cm³/mol. The summed E-state index contributed by atoms with van der Waals surface area (Å²) < 4.78 is 64.5. The maximum absolute atomic E-state index is 12.9. The Balaban J connectivity index is 1.17. The topological polar surface area (TPSA) is 82.7 Å². The largest absolute Gasteiger partial charge is 0.339 e. The number of para-hydroxylation sites is 1. The molecule has 0 unspecified atom stereocenters. The molecule has 1 aliphatic rings. The van der Waals surface area contributed by atoms with E-state index in [4.69, 9.17) is 9.97 Å². The molecule has 0 saturated carbocycles. The van der Waals surface area contributed by atoms with E-state index in [0.717, 1.165) is 71.3 Å². The second kappa shape index (κ2) is 10.5. The second-order valence-electron chi connectivity index (χ2n) is 10.7. The number of carbonyl (C=O) groups is 1. The number of aromatic amines is 1. The van der Waals surface area contributed by atoms with Crippen LogP contribution in [0.1, 0.15) is 43.0 Å². The third-order valence-corrected chi connectivity index (χ3v) is 8.60. The van der Waals surface area contributed by atoms with E-state index >= 15 is 0 Å². The summed E-state index contributed by atoms with van der Waals surface area (Å²) in [5.74, 6) is 1.30. The van der Waals surface area contributed by atoms with Crippen molar-refractivity contribution in [2.24, 2.45) is 0 Å². The Bertz CT molecular complexity index is 1910. The first-order valence-electron chi connectivity index (χ1n) is 14.0. The predicted octanol–water partition coefficient (Wildman–Crippen LogP) is 10.4. The maximum atomic E-state index is 12.9. The Hall–Kier alpha value is -4.71. The zero-order valence-electron chi connectivity index (χ0n) is 23.2. The van der Waals surface area contributed by atoms with Crippen molar-refractivity contribution < 1.29 is 24.2 Å². The number of nitrogens with one attached hydrogen (secondary N) is 3. The van der Waals surface area contributed by atoms with E-state index < -0.39 is 21.0 Å². The van der Waals surface area contributed by atoms with Crippen molar-refractivity contribution in [1.82, 2.24) is 15.0 Å². The highest BCUT2D eigenvalue weighted by Crippen LogP contribution is 3.02. The van der Waals surface area contributed by atoms with Crippen molar-refractivity contribution >= 4 is 61.3 Å². The fourth-order valence-corrected chi connectivity index (χ4v) is 5.85. The molecule has 6 nitrogen and oxygen atoms in total. The summed E-state index contributed by atoms with van der Waals surface area (Å²) in [7, 11) is -9.77. The molecular formula is C32H28F5N5OS. The van der Waals surface area contributed by atoms with Gasteiger partial charge in [0.2, 0.25) is 5.91 Å². The SMILES string of the molecule is O=C(/C=C/c1ccc(Nc2nc3ccccc3c3nc(C4CCC=CCC4)[nH]c23)cc1)Nc1ccc(S(F)(F)(F)(F)F)cc1. The zero-order chi connectivity index (χ0) is 31.0. The number of nitrogens with zero attached hydrogens (tertiary/aromatic N) is 2. The van der Waals surface area contributed by atoms with Gasteiger partial charge in [0.1, 0.15) is 21.8 Å². The number of hydrogen-bond donors (Lipinski definition) is 3. The first-order valence-corrected chi connectivity index (χ1v) is 15.9. The molecule has 0 atom stereocenters. The normalized spacial score (nSPS) is 16.1. The highest BCUT2D eigenvalue weighted by molar-refractivity contribution is 8.45. The van der Waals surface area contributed by atoms with Crippen LogP contribution in [0, 0.1) is 0 Å². The van der Waals surface area contributed by atoms with Crippen LogP contribution in [-0.4, -0.2) is 20.9 Å². The molecular weight excluding hydrogens is 597 g/mol. The Morgan fingerprint density at radius 3 is 2.18 bits per heavy atom. The van der Waals surface area contributed by atoms with Crippen LogP contribution in [0.4, 0.5) is 36.6 Å². The van der Waals surface area contributed by atoms with E-state index in [1.807, 2.05) is 36.4 Å². The first kappa shape index (κ1) is 29.4. The summed E-state index contributed by atoms with van der Waals surface area (Å²) in [6, 6.07) is 17.2. The summed E-state index contributed by atoms with van der Waals surface area (Å²) in [5.41, 5.74) is 3.90. The van der Waals surface area contributed by atoms with E-state index in [1.54, 1.807) is 12.1 Å². The number of pyridine rings is 1. The van der Waals surface area contributed by atoms with Crippen LogP contribution in [0.15, 0.2) is 95.9 Å². The zero-order valence-corrected chi connectivity index (χ0v) is 24.1. The number of anilines is 3. The molecule has 3 aromatic carbocycles. The van der Waals surface area contributed by atoms with Crippen molar-refractivity contribution in [2.75, 3.05) is 10.6 Å². The quantitative estimate of drug-likeness (QED) is 0.0955. The van der Waals surface area contributed by atoms with Crippen LogP contribution in [0.25, 0.3) is 28.0 Å². The molecule has 0 radical (unpaired) electrons. The number of imidazole rings is 1. The smallest absolute Gasteiger partial charge is 0.310 e. The van der Waals surface area contributed by atoms with Crippen LogP contribution in [0.2, 0.25) is 0 Å². The van der Waals surface area contributed by atoms with Gasteiger partial charge in [-0.3, -0.25) is 4.79 Å². The summed E-state index contributed by atoms with van der Waals surface area (Å²) in [6.45, 7) is 0. The number of allylic oxidation sites excluding steroid dienone is 2. The average Bonchev–Trinajstić information content (AvgIpc) is 3.25. The van der Waals surface area contributed by atoms with E-state index in [9.17, 15) is 24.2 Å². The molecule has 228 valence electrons. The average molecular weight is 626 g/mol. The molecule has 0 fully saturated rings. The molecule has 0 aliphatic heterocycles.